The quantitative estimate of drug-likeness (QED) is 0.257. The van der Waals surface area contributed by atoms with E-state index in [9.17, 15) is 19.8 Å². The van der Waals surface area contributed by atoms with Crippen molar-refractivity contribution in [3.63, 3.8) is 0 Å². The second kappa shape index (κ2) is 11.8. The Bertz CT molecular complexity index is 965. The number of carbonyl (C=O) groups excluding carboxylic acids is 2. The molecule has 1 aromatic rings. The Balaban J connectivity index is 1.71. The standard InChI is InChI=1S/C22H32N3O8PS/c1-13(2)31-21(28)15(4)24-34(35,33-16-8-6-5-7-9-16)30-12-17-14(3)19(27)20(32-17)25-11-10-18(26)23-22(25)29/h5-11,13-15,17,19-20,22,27,29H,12H2,1-4H3,(H,23,26)(H,24,35)/t14-,15?,17-,19-,20-,22?,34?/m1/s1. The summed E-state index contributed by atoms with van der Waals surface area (Å²) in [6.45, 7) is 3.54. The number of esters is 1. The van der Waals surface area contributed by atoms with E-state index in [1.165, 1.54) is 17.2 Å². The van der Waals surface area contributed by atoms with Crippen molar-refractivity contribution < 1.29 is 38.3 Å². The Morgan fingerprint density at radius 1 is 1.29 bits per heavy atom. The van der Waals surface area contributed by atoms with E-state index in [2.05, 4.69) is 10.4 Å². The molecule has 1 amide bonds. The van der Waals surface area contributed by atoms with Gasteiger partial charge in [-0.2, -0.15) is 0 Å². The molecule has 2 aliphatic rings. The number of ether oxygens (including phenoxy) is 2. The number of para-hydroxylation sites is 1. The van der Waals surface area contributed by atoms with Crippen LogP contribution in [-0.2, 0) is 35.4 Å². The normalized spacial score (nSPS) is 28.9. The molecule has 1 aromatic carbocycles. The summed E-state index contributed by atoms with van der Waals surface area (Å²) in [5.74, 6) is -0.891. The molecule has 0 spiro atoms. The Kier molecular flexibility index (Phi) is 9.28. The van der Waals surface area contributed by atoms with Crippen LogP contribution in [0.5, 0.6) is 5.75 Å². The fourth-order valence-corrected chi connectivity index (χ4v) is 5.93. The molecule has 4 N–H and O–H groups in total. The first-order chi connectivity index (χ1) is 16.5. The summed E-state index contributed by atoms with van der Waals surface area (Å²) < 4.78 is 23.2. The van der Waals surface area contributed by atoms with Crippen molar-refractivity contribution in [1.82, 2.24) is 15.3 Å². The third kappa shape index (κ3) is 7.23. The first-order valence-corrected chi connectivity index (χ1v) is 13.9. The van der Waals surface area contributed by atoms with Gasteiger partial charge in [0.2, 0.25) is 12.3 Å². The lowest BCUT2D eigenvalue weighted by Gasteiger charge is -2.35. The van der Waals surface area contributed by atoms with Crippen molar-refractivity contribution in [2.75, 3.05) is 6.61 Å². The molecule has 2 heterocycles. The highest BCUT2D eigenvalue weighted by atomic mass is 32.5. The summed E-state index contributed by atoms with van der Waals surface area (Å²) in [6, 6.07) is 8.03. The zero-order valence-corrected chi connectivity index (χ0v) is 21.6. The van der Waals surface area contributed by atoms with Crippen molar-refractivity contribution in [2.24, 2.45) is 5.92 Å². The van der Waals surface area contributed by atoms with E-state index < -0.39 is 55.3 Å². The number of nitrogens with zero attached hydrogens (tertiary/aromatic N) is 1. The predicted octanol–water partition coefficient (Wildman–Crippen LogP) is 1.18. The first-order valence-electron chi connectivity index (χ1n) is 11.2. The van der Waals surface area contributed by atoms with Crippen LogP contribution in [0.2, 0.25) is 0 Å². The topological polar surface area (TPSA) is 139 Å². The van der Waals surface area contributed by atoms with E-state index in [0.717, 1.165) is 0 Å². The lowest BCUT2D eigenvalue weighted by Crippen LogP contribution is -2.55. The third-order valence-corrected chi connectivity index (χ3v) is 7.91. The zero-order chi connectivity index (χ0) is 25.8. The van der Waals surface area contributed by atoms with Crippen LogP contribution in [0.1, 0.15) is 27.7 Å². The molecule has 1 saturated heterocycles. The van der Waals surface area contributed by atoms with Gasteiger partial charge in [0.15, 0.2) is 6.23 Å². The van der Waals surface area contributed by atoms with Crippen LogP contribution >= 0.6 is 6.64 Å². The number of hydrogen-bond acceptors (Lipinski definition) is 10. The summed E-state index contributed by atoms with van der Waals surface area (Å²) in [7, 11) is 0. The van der Waals surface area contributed by atoms with E-state index in [0.29, 0.717) is 5.75 Å². The minimum atomic E-state index is -3.28. The average Bonchev–Trinajstić information content (AvgIpc) is 3.06. The van der Waals surface area contributed by atoms with E-state index >= 15 is 0 Å². The smallest absolute Gasteiger partial charge is 0.323 e. The van der Waals surface area contributed by atoms with E-state index in [1.54, 1.807) is 52.0 Å². The Morgan fingerprint density at radius 3 is 2.60 bits per heavy atom. The number of nitrogens with one attached hydrogen (secondary N) is 2. The predicted molar refractivity (Wildman–Crippen MR) is 130 cm³/mol. The summed E-state index contributed by atoms with van der Waals surface area (Å²) in [4.78, 5) is 25.1. The highest BCUT2D eigenvalue weighted by molar-refractivity contribution is 8.09. The number of benzene rings is 1. The van der Waals surface area contributed by atoms with Crippen molar-refractivity contribution in [2.45, 2.75) is 64.6 Å². The molecule has 194 valence electrons. The van der Waals surface area contributed by atoms with Gasteiger partial charge in [0, 0.05) is 18.2 Å². The minimum absolute atomic E-state index is 0.0577. The van der Waals surface area contributed by atoms with E-state index in [1.807, 2.05) is 6.07 Å². The van der Waals surface area contributed by atoms with Crippen LogP contribution in [0, 0.1) is 5.92 Å². The number of aliphatic hydroxyl groups is 2. The highest BCUT2D eigenvalue weighted by Gasteiger charge is 2.46. The first kappa shape index (κ1) is 27.5. The maximum atomic E-state index is 12.4. The number of hydrogen-bond donors (Lipinski definition) is 4. The third-order valence-electron chi connectivity index (χ3n) is 5.41. The van der Waals surface area contributed by atoms with Gasteiger partial charge in [-0.3, -0.25) is 9.59 Å². The summed E-state index contributed by atoms with van der Waals surface area (Å²) >= 11 is 5.70. The molecule has 11 nitrogen and oxygen atoms in total. The molecule has 0 saturated carbocycles. The van der Waals surface area contributed by atoms with Crippen LogP contribution in [0.4, 0.5) is 0 Å². The molecule has 3 rings (SSSR count). The van der Waals surface area contributed by atoms with Crippen LogP contribution in [0.3, 0.4) is 0 Å². The van der Waals surface area contributed by atoms with Gasteiger partial charge >= 0.3 is 12.6 Å². The SMILES string of the molecule is CC(C)OC(=O)C(C)NP(=S)(OC[C@H]1O[C@@H](N2C=CC(=O)NC2O)[C@H](O)[C@@H]1C)Oc1ccccc1. The van der Waals surface area contributed by atoms with E-state index in [-0.39, 0.29) is 12.7 Å². The number of rotatable bonds is 10. The summed E-state index contributed by atoms with van der Waals surface area (Å²) in [5, 5.41) is 26.2. The minimum Gasteiger partial charge on any atom is -0.462 e. The second-order valence-electron chi connectivity index (χ2n) is 8.59. The molecule has 3 unspecified atom stereocenters. The van der Waals surface area contributed by atoms with Crippen LogP contribution in [-0.4, -0.2) is 70.5 Å². The molecule has 0 radical (unpaired) electrons. The van der Waals surface area contributed by atoms with Crippen molar-refractivity contribution in [3.8, 4) is 5.75 Å². The monoisotopic (exact) mass is 529 g/mol. The summed E-state index contributed by atoms with van der Waals surface area (Å²) in [6.07, 6.45) is -1.58. The van der Waals surface area contributed by atoms with Gasteiger partial charge in [0.1, 0.15) is 17.9 Å². The molecule has 2 aliphatic heterocycles. The molecular weight excluding hydrogens is 497 g/mol. The van der Waals surface area contributed by atoms with Crippen LogP contribution in [0.15, 0.2) is 42.6 Å². The molecule has 0 aromatic heterocycles. The fraction of sp³-hybridized carbons (Fsp3) is 0.545. The molecule has 13 heteroatoms. The highest BCUT2D eigenvalue weighted by Crippen LogP contribution is 2.46. The molecule has 1 fully saturated rings. The number of aliphatic hydroxyl groups excluding tert-OH is 2. The number of carbonyl (C=O) groups is 2. The van der Waals surface area contributed by atoms with Gasteiger partial charge in [-0.25, -0.2) is 5.09 Å². The molecule has 0 bridgehead atoms. The maximum Gasteiger partial charge on any atom is 0.323 e. The van der Waals surface area contributed by atoms with Crippen molar-refractivity contribution in [3.05, 3.63) is 42.6 Å². The lowest BCUT2D eigenvalue weighted by molar-refractivity contribution is -0.152. The van der Waals surface area contributed by atoms with Gasteiger partial charge in [-0.05, 0) is 44.7 Å². The molecule has 35 heavy (non-hydrogen) atoms. The molecular formula is C22H32N3O8PS. The zero-order valence-electron chi connectivity index (χ0n) is 19.9. The molecule has 0 aliphatic carbocycles. The van der Waals surface area contributed by atoms with Crippen molar-refractivity contribution >= 4 is 30.3 Å². The van der Waals surface area contributed by atoms with Gasteiger partial charge in [-0.15, -0.1) is 0 Å². The summed E-state index contributed by atoms with van der Waals surface area (Å²) in [5.41, 5.74) is 0. The number of amides is 1. The largest absolute Gasteiger partial charge is 0.462 e. The van der Waals surface area contributed by atoms with Gasteiger partial charge in [0.05, 0.1) is 18.8 Å². The van der Waals surface area contributed by atoms with Gasteiger partial charge in [-0.1, -0.05) is 25.1 Å². The molecule has 7 atom stereocenters. The Morgan fingerprint density at radius 2 is 1.97 bits per heavy atom. The van der Waals surface area contributed by atoms with Crippen molar-refractivity contribution in [1.29, 1.82) is 0 Å². The average molecular weight is 530 g/mol. The lowest BCUT2D eigenvalue weighted by atomic mass is 10.0. The van der Waals surface area contributed by atoms with Gasteiger partial charge < -0.3 is 39.0 Å². The van der Waals surface area contributed by atoms with Gasteiger partial charge in [0.25, 0.3) is 0 Å². The fourth-order valence-electron chi connectivity index (χ4n) is 3.52. The van der Waals surface area contributed by atoms with E-state index in [4.69, 9.17) is 30.3 Å². The van der Waals surface area contributed by atoms with Crippen LogP contribution < -0.4 is 14.9 Å². The Hall–Kier alpha value is -2.05. The van der Waals surface area contributed by atoms with Crippen LogP contribution in [0.25, 0.3) is 0 Å². The maximum absolute atomic E-state index is 12.4. The Labute approximate surface area is 209 Å². The second-order valence-corrected chi connectivity index (χ2v) is 11.7.